The molecule has 0 aromatic heterocycles. The van der Waals surface area contributed by atoms with Crippen molar-refractivity contribution in [2.45, 2.75) is 13.3 Å². The average Bonchev–Trinajstić information content (AvgIpc) is 2.31. The molecule has 1 amide bonds. The first-order valence-electron chi connectivity index (χ1n) is 5.38. The molecule has 0 saturated heterocycles. The number of hydrogen-bond donors (Lipinski definition) is 2. The first-order chi connectivity index (χ1) is 8.08. The van der Waals surface area contributed by atoms with Crippen LogP contribution in [0, 0.1) is 6.92 Å². The van der Waals surface area contributed by atoms with E-state index in [1.807, 2.05) is 13.0 Å². The summed E-state index contributed by atoms with van der Waals surface area (Å²) in [6.07, 6.45) is 0.239. The van der Waals surface area contributed by atoms with Crippen molar-refractivity contribution in [3.63, 3.8) is 0 Å². The van der Waals surface area contributed by atoms with Crippen LogP contribution >= 0.6 is 11.6 Å². The number of hydrogen-bond acceptors (Lipinski definition) is 3. The van der Waals surface area contributed by atoms with Gasteiger partial charge in [0.05, 0.1) is 13.5 Å². The summed E-state index contributed by atoms with van der Waals surface area (Å²) < 4.78 is 5.22. The van der Waals surface area contributed by atoms with Crippen LogP contribution in [0.1, 0.15) is 11.1 Å². The van der Waals surface area contributed by atoms with Gasteiger partial charge in [0.1, 0.15) is 5.75 Å². The molecule has 0 atom stereocenters. The number of amides is 1. The van der Waals surface area contributed by atoms with E-state index < -0.39 is 0 Å². The number of carbonyl (C=O) groups excluding carboxylic acids is 1. The van der Waals surface area contributed by atoms with E-state index in [-0.39, 0.29) is 12.3 Å². The predicted octanol–water partition coefficient (Wildman–Crippen LogP) is 1.27. The molecule has 1 rings (SSSR count). The summed E-state index contributed by atoms with van der Waals surface area (Å²) in [5, 5.41) is 3.34. The minimum absolute atomic E-state index is 0.0892. The molecular formula is C12H17ClN2O2. The van der Waals surface area contributed by atoms with Crippen LogP contribution in [0.3, 0.4) is 0 Å². The van der Waals surface area contributed by atoms with Crippen LogP contribution in [-0.4, -0.2) is 26.1 Å². The number of nitrogens with two attached hydrogens (primary N) is 1. The second-order valence-corrected chi connectivity index (χ2v) is 4.14. The van der Waals surface area contributed by atoms with Gasteiger partial charge in [0.15, 0.2) is 0 Å². The van der Waals surface area contributed by atoms with Crippen molar-refractivity contribution in [2.24, 2.45) is 5.73 Å². The molecule has 0 radical (unpaired) electrons. The maximum Gasteiger partial charge on any atom is 0.224 e. The van der Waals surface area contributed by atoms with Crippen LogP contribution in [0.5, 0.6) is 5.75 Å². The van der Waals surface area contributed by atoms with Gasteiger partial charge in [0.2, 0.25) is 5.91 Å². The minimum atomic E-state index is -0.0892. The molecule has 5 heteroatoms. The van der Waals surface area contributed by atoms with Gasteiger partial charge in [-0.15, -0.1) is 0 Å². The minimum Gasteiger partial charge on any atom is -0.496 e. The number of methoxy groups -OCH3 is 1. The lowest BCUT2D eigenvalue weighted by Gasteiger charge is -2.11. The van der Waals surface area contributed by atoms with Crippen LogP contribution in [0.25, 0.3) is 0 Å². The van der Waals surface area contributed by atoms with Crippen LogP contribution in [0.2, 0.25) is 5.02 Å². The molecule has 0 bridgehead atoms. The molecule has 0 aliphatic heterocycles. The third kappa shape index (κ3) is 3.91. The molecule has 0 aliphatic rings. The highest BCUT2D eigenvalue weighted by Crippen LogP contribution is 2.26. The Labute approximate surface area is 106 Å². The van der Waals surface area contributed by atoms with Gasteiger partial charge in [-0.2, -0.15) is 0 Å². The zero-order valence-electron chi connectivity index (χ0n) is 10.0. The Morgan fingerprint density at radius 1 is 1.53 bits per heavy atom. The first-order valence-corrected chi connectivity index (χ1v) is 5.76. The van der Waals surface area contributed by atoms with Crippen molar-refractivity contribution in [3.8, 4) is 5.75 Å². The van der Waals surface area contributed by atoms with E-state index in [0.717, 1.165) is 11.1 Å². The zero-order chi connectivity index (χ0) is 12.8. The van der Waals surface area contributed by atoms with Gasteiger partial charge in [0, 0.05) is 23.7 Å². The third-order valence-electron chi connectivity index (χ3n) is 2.38. The lowest BCUT2D eigenvalue weighted by Crippen LogP contribution is -2.30. The number of carbonyl (C=O) groups is 1. The van der Waals surface area contributed by atoms with Gasteiger partial charge in [-0.1, -0.05) is 11.6 Å². The van der Waals surface area contributed by atoms with E-state index in [9.17, 15) is 4.79 Å². The summed E-state index contributed by atoms with van der Waals surface area (Å²) in [7, 11) is 1.57. The van der Waals surface area contributed by atoms with E-state index in [2.05, 4.69) is 5.32 Å². The van der Waals surface area contributed by atoms with Crippen LogP contribution < -0.4 is 15.8 Å². The van der Waals surface area contributed by atoms with Gasteiger partial charge in [-0.3, -0.25) is 4.79 Å². The molecule has 1 aromatic carbocycles. The van der Waals surface area contributed by atoms with Crippen molar-refractivity contribution < 1.29 is 9.53 Å². The molecule has 0 fully saturated rings. The zero-order valence-corrected chi connectivity index (χ0v) is 10.8. The largest absolute Gasteiger partial charge is 0.496 e. The maximum absolute atomic E-state index is 11.6. The van der Waals surface area contributed by atoms with Crippen LogP contribution in [-0.2, 0) is 11.2 Å². The molecular weight excluding hydrogens is 240 g/mol. The molecule has 3 N–H and O–H groups in total. The number of benzene rings is 1. The van der Waals surface area contributed by atoms with Crippen molar-refractivity contribution in [1.29, 1.82) is 0 Å². The lowest BCUT2D eigenvalue weighted by molar-refractivity contribution is -0.120. The summed E-state index contributed by atoms with van der Waals surface area (Å²) >= 11 is 6.02. The number of nitrogens with one attached hydrogen (secondary N) is 1. The molecule has 0 heterocycles. The summed E-state index contributed by atoms with van der Waals surface area (Å²) in [5.74, 6) is 0.587. The third-order valence-corrected chi connectivity index (χ3v) is 2.79. The van der Waals surface area contributed by atoms with Crippen molar-refractivity contribution >= 4 is 17.5 Å². The van der Waals surface area contributed by atoms with E-state index in [1.165, 1.54) is 0 Å². The summed E-state index contributed by atoms with van der Waals surface area (Å²) in [6, 6.07) is 3.59. The van der Waals surface area contributed by atoms with Gasteiger partial charge in [-0.25, -0.2) is 0 Å². The van der Waals surface area contributed by atoms with Crippen LogP contribution in [0.15, 0.2) is 12.1 Å². The SMILES string of the molecule is COc1cc(C)c(Cl)cc1CC(=O)NCCN. The second-order valence-electron chi connectivity index (χ2n) is 3.73. The number of rotatable bonds is 5. The Bertz CT molecular complexity index is 408. The fraction of sp³-hybridized carbons (Fsp3) is 0.417. The summed E-state index contributed by atoms with van der Waals surface area (Å²) in [6.45, 7) is 2.79. The van der Waals surface area contributed by atoms with Gasteiger partial charge in [0.25, 0.3) is 0 Å². The number of halogens is 1. The fourth-order valence-corrected chi connectivity index (χ4v) is 1.66. The van der Waals surface area contributed by atoms with Crippen molar-refractivity contribution in [1.82, 2.24) is 5.32 Å². The van der Waals surface area contributed by atoms with E-state index in [1.54, 1.807) is 13.2 Å². The Morgan fingerprint density at radius 2 is 2.24 bits per heavy atom. The highest BCUT2D eigenvalue weighted by atomic mass is 35.5. The van der Waals surface area contributed by atoms with Gasteiger partial charge in [-0.05, 0) is 24.6 Å². The first kappa shape index (κ1) is 13.8. The van der Waals surface area contributed by atoms with E-state index in [4.69, 9.17) is 22.1 Å². The normalized spacial score (nSPS) is 10.1. The quantitative estimate of drug-likeness (QED) is 0.834. The molecule has 0 unspecified atom stereocenters. The molecule has 0 saturated carbocycles. The Morgan fingerprint density at radius 3 is 2.82 bits per heavy atom. The molecule has 94 valence electrons. The fourth-order valence-electron chi connectivity index (χ4n) is 1.47. The Hall–Kier alpha value is -1.26. The summed E-state index contributed by atoms with van der Waals surface area (Å²) in [4.78, 5) is 11.6. The van der Waals surface area contributed by atoms with Crippen LogP contribution in [0.4, 0.5) is 0 Å². The molecule has 0 aliphatic carbocycles. The van der Waals surface area contributed by atoms with Crippen molar-refractivity contribution in [3.05, 3.63) is 28.3 Å². The number of aryl methyl sites for hydroxylation is 1. The Kier molecular flexibility index (Phi) is 5.25. The molecule has 4 nitrogen and oxygen atoms in total. The standard InChI is InChI=1S/C12H17ClN2O2/c1-8-5-11(17-2)9(6-10(8)13)7-12(16)15-4-3-14/h5-6H,3-4,7,14H2,1-2H3,(H,15,16). The summed E-state index contributed by atoms with van der Waals surface area (Å²) in [5.41, 5.74) is 7.01. The highest BCUT2D eigenvalue weighted by Gasteiger charge is 2.10. The van der Waals surface area contributed by atoms with E-state index >= 15 is 0 Å². The van der Waals surface area contributed by atoms with Gasteiger partial charge >= 0.3 is 0 Å². The maximum atomic E-state index is 11.6. The smallest absolute Gasteiger partial charge is 0.224 e. The molecule has 1 aromatic rings. The topological polar surface area (TPSA) is 64.3 Å². The molecule has 17 heavy (non-hydrogen) atoms. The monoisotopic (exact) mass is 256 g/mol. The Balaban J connectivity index is 2.82. The number of ether oxygens (including phenoxy) is 1. The highest BCUT2D eigenvalue weighted by molar-refractivity contribution is 6.31. The van der Waals surface area contributed by atoms with Gasteiger partial charge < -0.3 is 15.8 Å². The second kappa shape index (κ2) is 6.47. The average molecular weight is 257 g/mol. The predicted molar refractivity (Wildman–Crippen MR) is 68.5 cm³/mol. The molecule has 0 spiro atoms. The van der Waals surface area contributed by atoms with E-state index in [0.29, 0.717) is 23.9 Å². The van der Waals surface area contributed by atoms with Crippen molar-refractivity contribution in [2.75, 3.05) is 20.2 Å². The lowest BCUT2D eigenvalue weighted by atomic mass is 10.1.